The van der Waals surface area contributed by atoms with Gasteiger partial charge in [0, 0.05) is 24.4 Å². The molecule has 18 heavy (non-hydrogen) atoms. The molecule has 1 N–H and O–H groups in total. The zero-order chi connectivity index (χ0) is 12.6. The summed E-state index contributed by atoms with van der Waals surface area (Å²) in [4.78, 5) is 4.73. The van der Waals surface area contributed by atoms with Gasteiger partial charge in [-0.25, -0.2) is 4.98 Å². The van der Waals surface area contributed by atoms with E-state index in [2.05, 4.69) is 42.0 Å². The van der Waals surface area contributed by atoms with Crippen molar-refractivity contribution in [3.05, 3.63) is 36.3 Å². The van der Waals surface area contributed by atoms with Crippen LogP contribution < -0.4 is 5.32 Å². The van der Waals surface area contributed by atoms with E-state index < -0.39 is 0 Å². The molecule has 0 amide bonds. The Kier molecular flexibility index (Phi) is 2.86. The van der Waals surface area contributed by atoms with Crippen molar-refractivity contribution in [1.29, 1.82) is 0 Å². The molecule has 1 unspecified atom stereocenters. The number of pyridine rings is 1. The van der Waals surface area contributed by atoms with Gasteiger partial charge in [-0.1, -0.05) is 19.9 Å². The van der Waals surface area contributed by atoms with E-state index in [1.807, 2.05) is 12.1 Å². The first-order valence-corrected chi connectivity index (χ1v) is 6.87. The third kappa shape index (κ3) is 1.93. The summed E-state index contributed by atoms with van der Waals surface area (Å²) in [6, 6.07) is 6.15. The molecule has 3 heteroatoms. The highest BCUT2D eigenvalue weighted by molar-refractivity contribution is 5.39. The van der Waals surface area contributed by atoms with Crippen LogP contribution in [0.25, 0.3) is 5.65 Å². The highest BCUT2D eigenvalue weighted by Gasteiger charge is 2.37. The van der Waals surface area contributed by atoms with Crippen LogP contribution in [0.1, 0.15) is 32.4 Å². The Morgan fingerprint density at radius 1 is 1.44 bits per heavy atom. The summed E-state index contributed by atoms with van der Waals surface area (Å²) in [5, 5.41) is 3.71. The second-order valence-corrected chi connectivity index (χ2v) is 5.72. The Hall–Kier alpha value is -1.35. The van der Waals surface area contributed by atoms with E-state index in [9.17, 15) is 0 Å². The third-order valence-corrected chi connectivity index (χ3v) is 4.29. The molecule has 3 rings (SSSR count). The van der Waals surface area contributed by atoms with Crippen LogP contribution in [0.5, 0.6) is 0 Å². The van der Waals surface area contributed by atoms with Gasteiger partial charge < -0.3 is 9.72 Å². The van der Waals surface area contributed by atoms with Crippen molar-refractivity contribution in [2.24, 2.45) is 5.92 Å². The summed E-state index contributed by atoms with van der Waals surface area (Å²) < 4.78 is 2.11. The summed E-state index contributed by atoms with van der Waals surface area (Å²) in [6.45, 7) is 5.77. The number of rotatable bonds is 3. The van der Waals surface area contributed by atoms with E-state index in [4.69, 9.17) is 4.98 Å². The second-order valence-electron chi connectivity index (χ2n) is 5.72. The van der Waals surface area contributed by atoms with Crippen LogP contribution in [-0.2, 0) is 6.42 Å². The SMILES string of the molecule is CC(C)C1(Cc2cn3ccccc3n2)CCCN1. The lowest BCUT2D eigenvalue weighted by Gasteiger charge is -2.33. The van der Waals surface area contributed by atoms with E-state index in [-0.39, 0.29) is 5.54 Å². The van der Waals surface area contributed by atoms with Gasteiger partial charge in [-0.2, -0.15) is 0 Å². The van der Waals surface area contributed by atoms with Crippen LogP contribution in [0.4, 0.5) is 0 Å². The quantitative estimate of drug-likeness (QED) is 0.898. The first kappa shape index (κ1) is 11.7. The largest absolute Gasteiger partial charge is 0.311 e. The first-order valence-electron chi connectivity index (χ1n) is 6.87. The molecule has 3 heterocycles. The predicted octanol–water partition coefficient (Wildman–Crippen LogP) is 2.66. The first-order chi connectivity index (χ1) is 8.70. The fraction of sp³-hybridized carbons (Fsp3) is 0.533. The van der Waals surface area contributed by atoms with Gasteiger partial charge in [-0.05, 0) is 37.4 Å². The van der Waals surface area contributed by atoms with Crippen molar-refractivity contribution in [2.75, 3.05) is 6.54 Å². The molecule has 0 bridgehead atoms. The van der Waals surface area contributed by atoms with E-state index in [1.54, 1.807) is 0 Å². The maximum atomic E-state index is 4.73. The zero-order valence-electron chi connectivity index (χ0n) is 11.2. The summed E-state index contributed by atoms with van der Waals surface area (Å²) in [6.07, 6.45) is 7.81. The Bertz CT molecular complexity index is 502. The van der Waals surface area contributed by atoms with E-state index in [0.29, 0.717) is 5.92 Å². The molecule has 0 aliphatic carbocycles. The maximum Gasteiger partial charge on any atom is 0.136 e. The van der Waals surface area contributed by atoms with Crippen molar-refractivity contribution >= 4 is 5.65 Å². The Balaban J connectivity index is 1.90. The molecule has 1 fully saturated rings. The molecule has 2 aromatic heterocycles. The van der Waals surface area contributed by atoms with E-state index >= 15 is 0 Å². The van der Waals surface area contributed by atoms with Gasteiger partial charge in [-0.3, -0.25) is 0 Å². The topological polar surface area (TPSA) is 29.3 Å². The number of nitrogens with one attached hydrogen (secondary N) is 1. The predicted molar refractivity (Wildman–Crippen MR) is 73.7 cm³/mol. The molecule has 1 aliphatic rings. The number of fused-ring (bicyclic) bond motifs is 1. The highest BCUT2D eigenvalue weighted by atomic mass is 15.0. The molecule has 2 aromatic rings. The standard InChI is InChI=1S/C15H21N3/c1-12(2)15(7-5-8-16-15)10-13-11-18-9-4-3-6-14(18)17-13/h3-4,6,9,11-12,16H,5,7-8,10H2,1-2H3. The Labute approximate surface area is 108 Å². The van der Waals surface area contributed by atoms with Crippen molar-refractivity contribution in [2.45, 2.75) is 38.6 Å². The lowest BCUT2D eigenvalue weighted by Crippen LogP contribution is -2.46. The molecule has 96 valence electrons. The van der Waals surface area contributed by atoms with Crippen LogP contribution in [0, 0.1) is 5.92 Å². The summed E-state index contributed by atoms with van der Waals surface area (Å²) in [7, 11) is 0. The molecule has 0 radical (unpaired) electrons. The maximum absolute atomic E-state index is 4.73. The van der Waals surface area contributed by atoms with Crippen molar-refractivity contribution in [3.8, 4) is 0 Å². The van der Waals surface area contributed by atoms with Crippen LogP contribution in [0.3, 0.4) is 0 Å². The Morgan fingerprint density at radius 2 is 2.33 bits per heavy atom. The van der Waals surface area contributed by atoms with Crippen LogP contribution in [0.2, 0.25) is 0 Å². The minimum Gasteiger partial charge on any atom is -0.311 e. The molecule has 0 spiro atoms. The van der Waals surface area contributed by atoms with Crippen molar-refractivity contribution < 1.29 is 0 Å². The molecular weight excluding hydrogens is 222 g/mol. The molecule has 3 nitrogen and oxygen atoms in total. The van der Waals surface area contributed by atoms with Gasteiger partial charge >= 0.3 is 0 Å². The summed E-state index contributed by atoms with van der Waals surface area (Å²) in [5.41, 5.74) is 2.49. The lowest BCUT2D eigenvalue weighted by atomic mass is 9.81. The molecule has 0 aromatic carbocycles. The molecule has 1 atom stereocenters. The summed E-state index contributed by atoms with van der Waals surface area (Å²) in [5.74, 6) is 0.643. The van der Waals surface area contributed by atoms with Crippen molar-refractivity contribution in [3.63, 3.8) is 0 Å². The van der Waals surface area contributed by atoms with Gasteiger partial charge in [0.25, 0.3) is 0 Å². The number of imidazole rings is 1. The number of nitrogens with zero attached hydrogens (tertiary/aromatic N) is 2. The molecular formula is C15H21N3. The second kappa shape index (κ2) is 4.39. The summed E-state index contributed by atoms with van der Waals surface area (Å²) >= 11 is 0. The van der Waals surface area contributed by atoms with Crippen molar-refractivity contribution in [1.82, 2.24) is 14.7 Å². The van der Waals surface area contributed by atoms with Crippen LogP contribution >= 0.6 is 0 Å². The normalized spacial score (nSPS) is 24.2. The monoisotopic (exact) mass is 243 g/mol. The number of aromatic nitrogens is 2. The molecule has 0 saturated carbocycles. The van der Waals surface area contributed by atoms with Gasteiger partial charge in [0.15, 0.2) is 0 Å². The molecule has 1 aliphatic heterocycles. The van der Waals surface area contributed by atoms with Crippen LogP contribution in [0.15, 0.2) is 30.6 Å². The van der Waals surface area contributed by atoms with Gasteiger partial charge in [0.05, 0.1) is 5.69 Å². The van der Waals surface area contributed by atoms with Crippen LogP contribution in [-0.4, -0.2) is 21.5 Å². The van der Waals surface area contributed by atoms with E-state index in [0.717, 1.165) is 18.6 Å². The average molecular weight is 243 g/mol. The third-order valence-electron chi connectivity index (χ3n) is 4.29. The average Bonchev–Trinajstić information content (AvgIpc) is 2.95. The number of hydrogen-bond acceptors (Lipinski definition) is 2. The highest BCUT2D eigenvalue weighted by Crippen LogP contribution is 2.31. The fourth-order valence-corrected chi connectivity index (χ4v) is 3.07. The zero-order valence-corrected chi connectivity index (χ0v) is 11.2. The lowest BCUT2D eigenvalue weighted by molar-refractivity contribution is 0.267. The van der Waals surface area contributed by atoms with Gasteiger partial charge in [0.1, 0.15) is 5.65 Å². The fourth-order valence-electron chi connectivity index (χ4n) is 3.07. The van der Waals surface area contributed by atoms with Gasteiger partial charge in [-0.15, -0.1) is 0 Å². The van der Waals surface area contributed by atoms with Gasteiger partial charge in [0.2, 0.25) is 0 Å². The minimum atomic E-state index is 0.248. The Morgan fingerprint density at radius 3 is 3.00 bits per heavy atom. The smallest absolute Gasteiger partial charge is 0.136 e. The molecule has 1 saturated heterocycles. The minimum absolute atomic E-state index is 0.248. The number of hydrogen-bond donors (Lipinski definition) is 1. The van der Waals surface area contributed by atoms with E-state index in [1.165, 1.54) is 18.5 Å².